The van der Waals surface area contributed by atoms with Crippen molar-refractivity contribution in [1.82, 2.24) is 39.0 Å². The monoisotopic (exact) mass is 564 g/mol. The molecule has 2 fully saturated rings. The molecule has 0 bridgehead atoms. The van der Waals surface area contributed by atoms with Gasteiger partial charge in [0.2, 0.25) is 11.9 Å². The number of aliphatic hydroxyl groups excluding tert-OH is 4. The van der Waals surface area contributed by atoms with Crippen molar-refractivity contribution in [3.8, 4) is 0 Å². The summed E-state index contributed by atoms with van der Waals surface area (Å²) in [5.41, 5.74) is 13.8. The van der Waals surface area contributed by atoms with Gasteiger partial charge in [0.1, 0.15) is 45.7 Å². The normalized spacial score (nSPS) is 27.7. The number of nitrogens with zero attached hydrogens (tertiary/aromatic N) is 8. The second-order valence-corrected chi connectivity index (χ2v) is 10.9. The molecule has 202 valence electrons. The maximum absolute atomic E-state index is 10.1. The van der Waals surface area contributed by atoms with Crippen molar-refractivity contribution < 1.29 is 29.9 Å². The highest BCUT2D eigenvalue weighted by Crippen LogP contribution is 2.42. The molecule has 16 nitrogen and oxygen atoms in total. The van der Waals surface area contributed by atoms with Crippen LogP contribution in [-0.2, 0) is 9.47 Å². The van der Waals surface area contributed by atoms with Crippen molar-refractivity contribution >= 4 is 55.8 Å². The van der Waals surface area contributed by atoms with Gasteiger partial charge >= 0.3 is 0 Å². The lowest BCUT2D eigenvalue weighted by molar-refractivity contribution is -0.0432. The molecular weight excluding hydrogens is 540 g/mol. The molecule has 6 heterocycles. The summed E-state index contributed by atoms with van der Waals surface area (Å²) in [6, 6.07) is 0. The molecule has 8 N–H and O–H groups in total. The highest BCUT2D eigenvalue weighted by molar-refractivity contribution is 8.76. The molecule has 38 heavy (non-hydrogen) atoms. The fourth-order valence-corrected chi connectivity index (χ4v) is 6.57. The van der Waals surface area contributed by atoms with Gasteiger partial charge in [0.05, 0.1) is 38.1 Å². The Morgan fingerprint density at radius 2 is 1.18 bits per heavy atom. The summed E-state index contributed by atoms with van der Waals surface area (Å²) in [7, 11) is 2.46. The first-order valence-electron chi connectivity index (χ1n) is 11.6. The van der Waals surface area contributed by atoms with Crippen LogP contribution < -0.4 is 11.5 Å². The first-order valence-corrected chi connectivity index (χ1v) is 13.7. The van der Waals surface area contributed by atoms with E-state index in [-0.39, 0.29) is 38.0 Å². The lowest BCUT2D eigenvalue weighted by Gasteiger charge is -2.14. The Bertz CT molecular complexity index is 1380. The number of aliphatic hydroxyl groups is 4. The van der Waals surface area contributed by atoms with E-state index < -0.39 is 36.9 Å². The van der Waals surface area contributed by atoms with Crippen LogP contribution in [0.1, 0.15) is 25.3 Å². The van der Waals surface area contributed by atoms with E-state index in [0.717, 1.165) is 0 Å². The van der Waals surface area contributed by atoms with Crippen LogP contribution in [0.3, 0.4) is 0 Å². The molecule has 2 saturated heterocycles. The van der Waals surface area contributed by atoms with Crippen LogP contribution in [0.5, 0.6) is 0 Å². The highest BCUT2D eigenvalue weighted by atomic mass is 33.1. The molecule has 4 aromatic rings. The van der Waals surface area contributed by atoms with Gasteiger partial charge in [-0.1, -0.05) is 0 Å². The fraction of sp³-hybridized carbons (Fsp3) is 0.500. The van der Waals surface area contributed by atoms with Crippen LogP contribution in [0.4, 0.5) is 11.9 Å². The number of hydrogen-bond donors (Lipinski definition) is 6. The Labute approximate surface area is 221 Å². The molecule has 4 aromatic heterocycles. The second-order valence-electron chi connectivity index (χ2n) is 8.82. The maximum atomic E-state index is 10.1. The van der Waals surface area contributed by atoms with Gasteiger partial charge < -0.3 is 41.4 Å². The summed E-state index contributed by atoms with van der Waals surface area (Å²) in [5, 5.41) is 40.0. The van der Waals surface area contributed by atoms with Gasteiger partial charge in [-0.25, -0.2) is 19.9 Å². The van der Waals surface area contributed by atoms with Crippen molar-refractivity contribution in [1.29, 1.82) is 0 Å². The SMILES string of the molecule is Nc1nc(SSc2nc(N)nc3c2ncn3[C@H]2C[C@@H](O)[C@H](CO)O2)c2ncn([C@@H]3C[C@H](O)[C@H](CO)O3)c2n1. The van der Waals surface area contributed by atoms with Crippen LogP contribution >= 0.6 is 21.6 Å². The molecule has 6 rings (SSSR count). The number of hydrogen-bond acceptors (Lipinski definition) is 16. The van der Waals surface area contributed by atoms with Gasteiger partial charge in [-0.2, -0.15) is 9.97 Å². The summed E-state index contributed by atoms with van der Waals surface area (Å²) in [6.07, 6.45) is -0.575. The molecule has 0 unspecified atom stereocenters. The van der Waals surface area contributed by atoms with Crippen molar-refractivity contribution in [2.24, 2.45) is 0 Å². The number of aromatic nitrogens is 8. The molecule has 0 aromatic carbocycles. The van der Waals surface area contributed by atoms with Crippen LogP contribution in [-0.4, -0.2) is 97.1 Å². The first-order chi connectivity index (χ1) is 18.4. The molecule has 2 aliphatic rings. The smallest absolute Gasteiger partial charge is 0.223 e. The number of ether oxygens (including phenoxy) is 2. The number of fused-ring (bicyclic) bond motifs is 2. The Kier molecular flexibility index (Phi) is 6.72. The van der Waals surface area contributed by atoms with Crippen LogP contribution in [0, 0.1) is 0 Å². The minimum Gasteiger partial charge on any atom is -0.394 e. The average Bonchev–Trinajstić information content (AvgIpc) is 3.66. The molecule has 0 radical (unpaired) electrons. The summed E-state index contributed by atoms with van der Waals surface area (Å²) in [6.45, 7) is -0.609. The van der Waals surface area contributed by atoms with Gasteiger partial charge in [0.25, 0.3) is 0 Å². The Morgan fingerprint density at radius 1 is 0.763 bits per heavy atom. The van der Waals surface area contributed by atoms with E-state index >= 15 is 0 Å². The maximum Gasteiger partial charge on any atom is 0.223 e. The highest BCUT2D eigenvalue weighted by Gasteiger charge is 2.37. The Balaban J connectivity index is 1.28. The number of anilines is 2. The number of nitrogens with two attached hydrogens (primary N) is 2. The summed E-state index contributed by atoms with van der Waals surface area (Å²) in [4.78, 5) is 26.2. The van der Waals surface area contributed by atoms with Gasteiger partial charge in [0.15, 0.2) is 11.3 Å². The van der Waals surface area contributed by atoms with Gasteiger partial charge in [-0.3, -0.25) is 9.13 Å². The third-order valence-electron chi connectivity index (χ3n) is 6.40. The molecular formula is C20H24N10O6S2. The van der Waals surface area contributed by atoms with Gasteiger partial charge in [0, 0.05) is 12.8 Å². The van der Waals surface area contributed by atoms with Crippen molar-refractivity contribution in [2.75, 3.05) is 24.7 Å². The molecule has 18 heteroatoms. The van der Waals surface area contributed by atoms with Gasteiger partial charge in [-0.05, 0) is 21.6 Å². The third-order valence-corrected chi connectivity index (χ3v) is 8.57. The molecule has 0 aliphatic carbocycles. The zero-order chi connectivity index (χ0) is 26.6. The Morgan fingerprint density at radius 3 is 1.55 bits per heavy atom. The van der Waals surface area contributed by atoms with Crippen LogP contribution in [0.15, 0.2) is 22.7 Å². The van der Waals surface area contributed by atoms with E-state index in [0.29, 0.717) is 32.4 Å². The predicted molar refractivity (Wildman–Crippen MR) is 134 cm³/mol. The second kappa shape index (κ2) is 10.0. The first kappa shape index (κ1) is 25.4. The van der Waals surface area contributed by atoms with E-state index in [1.54, 1.807) is 9.13 Å². The number of imidazole rings is 2. The zero-order valence-corrected chi connectivity index (χ0v) is 21.2. The van der Waals surface area contributed by atoms with Crippen molar-refractivity contribution in [3.63, 3.8) is 0 Å². The number of nitrogen functional groups attached to an aromatic ring is 2. The van der Waals surface area contributed by atoms with E-state index in [4.69, 9.17) is 20.9 Å². The largest absolute Gasteiger partial charge is 0.394 e. The lowest BCUT2D eigenvalue weighted by Crippen LogP contribution is -2.24. The number of rotatable bonds is 7. The molecule has 0 spiro atoms. The average molecular weight is 565 g/mol. The third kappa shape index (κ3) is 4.41. The van der Waals surface area contributed by atoms with E-state index in [1.807, 2.05) is 0 Å². The quantitative estimate of drug-likeness (QED) is 0.119. The molecule has 0 saturated carbocycles. The molecule has 6 atom stereocenters. The molecule has 2 aliphatic heterocycles. The zero-order valence-electron chi connectivity index (χ0n) is 19.6. The van der Waals surface area contributed by atoms with Crippen LogP contribution in [0.2, 0.25) is 0 Å². The lowest BCUT2D eigenvalue weighted by atomic mass is 10.2. The van der Waals surface area contributed by atoms with Crippen molar-refractivity contribution in [3.05, 3.63) is 12.7 Å². The minimum atomic E-state index is -0.816. The molecule has 0 amide bonds. The Hall–Kier alpha value is -2.84. The predicted octanol–water partition coefficient (Wildman–Crippen LogP) is -0.789. The van der Waals surface area contributed by atoms with E-state index in [1.165, 1.54) is 34.2 Å². The van der Waals surface area contributed by atoms with Gasteiger partial charge in [-0.15, -0.1) is 0 Å². The summed E-state index contributed by atoms with van der Waals surface area (Å²) >= 11 is 0. The minimum absolute atomic E-state index is 0.0200. The van der Waals surface area contributed by atoms with Crippen LogP contribution in [0.25, 0.3) is 22.3 Å². The fourth-order valence-electron chi connectivity index (χ4n) is 4.53. The van der Waals surface area contributed by atoms with E-state index in [2.05, 4.69) is 29.9 Å². The summed E-state index contributed by atoms with van der Waals surface area (Å²) in [5.74, 6) is 0.0400. The standard InChI is InChI=1S/C20H24N10O6S2/c21-19-25-15-13(23-5-29(15)11-1-7(33)9(3-31)35-11)17(27-19)37-38-18-14-16(26-20(22)28-18)30(6-24-14)12-2-8(34)10(4-32)36-12/h5-12,31-34H,1-4H2,(H2,21,25,27)(H2,22,26,28)/t7-,8+,9-,10-,11-,12+/m0/s1. The van der Waals surface area contributed by atoms with E-state index in [9.17, 15) is 20.4 Å². The topological polar surface area (TPSA) is 239 Å². The van der Waals surface area contributed by atoms with Crippen molar-refractivity contribution in [2.45, 2.75) is 59.8 Å². The summed E-state index contributed by atoms with van der Waals surface area (Å²) < 4.78 is 14.8.